The molecule has 1 aromatic heterocycles. The number of aromatic amines is 1. The van der Waals surface area contributed by atoms with Gasteiger partial charge in [-0.2, -0.15) is 11.8 Å². The van der Waals surface area contributed by atoms with E-state index in [-0.39, 0.29) is 24.0 Å². The zero-order valence-electron chi connectivity index (χ0n) is 15.3. The molecular formula is C19H29IN4S. The SMILES string of the molecule is CN=C(NCCc1c(C)[nH]c2ccccc12)NCC1(C)CCCS1.I. The molecule has 3 N–H and O–H groups in total. The quantitative estimate of drug-likeness (QED) is 0.349. The first kappa shape index (κ1) is 20.4. The minimum Gasteiger partial charge on any atom is -0.358 e. The monoisotopic (exact) mass is 472 g/mol. The number of fused-ring (bicyclic) bond motifs is 1. The molecule has 0 aliphatic carbocycles. The van der Waals surface area contributed by atoms with Crippen molar-refractivity contribution in [2.75, 3.05) is 25.9 Å². The lowest BCUT2D eigenvalue weighted by Gasteiger charge is -2.24. The van der Waals surface area contributed by atoms with E-state index < -0.39 is 0 Å². The molecule has 1 unspecified atom stereocenters. The molecule has 3 rings (SSSR count). The van der Waals surface area contributed by atoms with Crippen molar-refractivity contribution in [3.05, 3.63) is 35.5 Å². The normalized spacial score (nSPS) is 20.5. The third-order valence-electron chi connectivity index (χ3n) is 4.85. The molecule has 0 radical (unpaired) electrons. The summed E-state index contributed by atoms with van der Waals surface area (Å²) in [4.78, 5) is 7.83. The van der Waals surface area contributed by atoms with Crippen LogP contribution in [0.15, 0.2) is 29.3 Å². The number of benzene rings is 1. The number of hydrogen-bond acceptors (Lipinski definition) is 2. The molecule has 0 bridgehead atoms. The average Bonchev–Trinajstić information content (AvgIpc) is 3.15. The fourth-order valence-corrected chi connectivity index (χ4v) is 4.67. The van der Waals surface area contributed by atoms with Gasteiger partial charge < -0.3 is 15.6 Å². The van der Waals surface area contributed by atoms with Crippen LogP contribution in [0.3, 0.4) is 0 Å². The summed E-state index contributed by atoms with van der Waals surface area (Å²) in [5.74, 6) is 2.19. The second kappa shape index (κ2) is 9.16. The molecule has 1 fully saturated rings. The lowest BCUT2D eigenvalue weighted by atomic mass is 10.1. The standard InChI is InChI=1S/C19H28N4S.HI/c1-14-15(16-7-4-5-8-17(16)23-14)9-11-21-18(20-3)22-13-19(2)10-6-12-24-19;/h4-5,7-8,23H,6,9-13H2,1-3H3,(H2,20,21,22);1H. The highest BCUT2D eigenvalue weighted by Gasteiger charge is 2.29. The predicted octanol–water partition coefficient (Wildman–Crippen LogP) is 4.09. The number of guanidine groups is 1. The summed E-state index contributed by atoms with van der Waals surface area (Å²) >= 11 is 2.07. The molecule has 1 aromatic carbocycles. The van der Waals surface area contributed by atoms with Gasteiger partial charge in [-0.05, 0) is 50.5 Å². The molecule has 0 amide bonds. The van der Waals surface area contributed by atoms with Gasteiger partial charge in [0.1, 0.15) is 0 Å². The van der Waals surface area contributed by atoms with E-state index in [0.717, 1.165) is 25.5 Å². The third kappa shape index (κ3) is 5.06. The number of halogens is 1. The number of nitrogens with one attached hydrogen (secondary N) is 3. The maximum Gasteiger partial charge on any atom is 0.191 e. The number of hydrogen-bond donors (Lipinski definition) is 3. The Bertz CT molecular complexity index is 719. The molecule has 0 saturated carbocycles. The van der Waals surface area contributed by atoms with Gasteiger partial charge in [-0.25, -0.2) is 0 Å². The molecule has 6 heteroatoms. The first-order chi connectivity index (χ1) is 11.6. The molecule has 0 spiro atoms. The molecule has 138 valence electrons. The predicted molar refractivity (Wildman–Crippen MR) is 122 cm³/mol. The maximum atomic E-state index is 4.36. The minimum absolute atomic E-state index is 0. The first-order valence-corrected chi connectivity index (χ1v) is 9.74. The van der Waals surface area contributed by atoms with E-state index >= 15 is 0 Å². The van der Waals surface area contributed by atoms with E-state index in [1.54, 1.807) is 0 Å². The number of H-pyrrole nitrogens is 1. The summed E-state index contributed by atoms with van der Waals surface area (Å²) in [6.07, 6.45) is 3.60. The highest BCUT2D eigenvalue weighted by Crippen LogP contribution is 2.36. The van der Waals surface area contributed by atoms with E-state index in [9.17, 15) is 0 Å². The Kier molecular flexibility index (Phi) is 7.49. The van der Waals surface area contributed by atoms with Crippen LogP contribution in [0.25, 0.3) is 10.9 Å². The summed E-state index contributed by atoms with van der Waals surface area (Å²) in [5, 5.41) is 8.28. The molecule has 1 saturated heterocycles. The Morgan fingerprint density at radius 2 is 2.12 bits per heavy atom. The summed E-state index contributed by atoms with van der Waals surface area (Å²) in [7, 11) is 1.84. The molecule has 1 aliphatic heterocycles. The Labute approximate surface area is 172 Å². The zero-order valence-corrected chi connectivity index (χ0v) is 18.5. The van der Waals surface area contributed by atoms with Gasteiger partial charge in [0.25, 0.3) is 0 Å². The van der Waals surface area contributed by atoms with E-state index in [1.807, 2.05) is 7.05 Å². The van der Waals surface area contributed by atoms with Crippen molar-refractivity contribution >= 4 is 52.6 Å². The average molecular weight is 472 g/mol. The van der Waals surface area contributed by atoms with E-state index in [0.29, 0.717) is 4.75 Å². The molecular weight excluding hydrogens is 443 g/mol. The Hall–Kier alpha value is -0.890. The van der Waals surface area contributed by atoms with Crippen molar-refractivity contribution in [3.8, 4) is 0 Å². The van der Waals surface area contributed by atoms with Gasteiger partial charge in [0.15, 0.2) is 5.96 Å². The highest BCUT2D eigenvalue weighted by atomic mass is 127. The number of para-hydroxylation sites is 1. The smallest absolute Gasteiger partial charge is 0.191 e. The van der Waals surface area contributed by atoms with Crippen molar-refractivity contribution in [2.45, 2.75) is 37.9 Å². The molecule has 25 heavy (non-hydrogen) atoms. The topological polar surface area (TPSA) is 52.2 Å². The van der Waals surface area contributed by atoms with Gasteiger partial charge in [-0.15, -0.1) is 24.0 Å². The van der Waals surface area contributed by atoms with Crippen LogP contribution in [0.5, 0.6) is 0 Å². The maximum absolute atomic E-state index is 4.36. The van der Waals surface area contributed by atoms with Crippen LogP contribution in [0.1, 0.15) is 31.0 Å². The van der Waals surface area contributed by atoms with Crippen molar-refractivity contribution in [1.29, 1.82) is 0 Å². The minimum atomic E-state index is 0. The van der Waals surface area contributed by atoms with Crippen molar-refractivity contribution in [1.82, 2.24) is 15.6 Å². The number of aryl methyl sites for hydroxylation is 1. The van der Waals surface area contributed by atoms with E-state index in [2.05, 4.69) is 70.5 Å². The summed E-state index contributed by atoms with van der Waals surface area (Å²) in [6.45, 7) is 6.36. The fourth-order valence-electron chi connectivity index (χ4n) is 3.43. The van der Waals surface area contributed by atoms with Crippen LogP contribution < -0.4 is 10.6 Å². The fraction of sp³-hybridized carbons (Fsp3) is 0.526. The molecule has 1 atom stereocenters. The van der Waals surface area contributed by atoms with Gasteiger partial charge in [0.2, 0.25) is 0 Å². The largest absolute Gasteiger partial charge is 0.358 e. The van der Waals surface area contributed by atoms with E-state index in [4.69, 9.17) is 0 Å². The second-order valence-corrected chi connectivity index (χ2v) is 8.46. The number of aliphatic imine (C=N–C) groups is 1. The highest BCUT2D eigenvalue weighted by molar-refractivity contribution is 14.0. The van der Waals surface area contributed by atoms with Crippen molar-refractivity contribution in [3.63, 3.8) is 0 Å². The van der Waals surface area contributed by atoms with E-state index in [1.165, 1.54) is 40.8 Å². The Morgan fingerprint density at radius 3 is 2.84 bits per heavy atom. The number of nitrogens with zero attached hydrogens (tertiary/aromatic N) is 1. The van der Waals surface area contributed by atoms with Crippen LogP contribution in [-0.4, -0.2) is 41.6 Å². The van der Waals surface area contributed by atoms with Crippen LogP contribution in [0.2, 0.25) is 0 Å². The van der Waals surface area contributed by atoms with Gasteiger partial charge in [0, 0.05) is 41.5 Å². The van der Waals surface area contributed by atoms with Crippen molar-refractivity contribution in [2.24, 2.45) is 4.99 Å². The van der Waals surface area contributed by atoms with Gasteiger partial charge in [-0.3, -0.25) is 4.99 Å². The van der Waals surface area contributed by atoms with Gasteiger partial charge >= 0.3 is 0 Å². The molecule has 2 heterocycles. The molecule has 1 aliphatic rings. The van der Waals surface area contributed by atoms with Gasteiger partial charge in [-0.1, -0.05) is 18.2 Å². The van der Waals surface area contributed by atoms with Crippen LogP contribution in [0.4, 0.5) is 0 Å². The summed E-state index contributed by atoms with van der Waals surface area (Å²) in [6, 6.07) is 8.51. The zero-order chi connectivity index (χ0) is 17.0. The number of aromatic nitrogens is 1. The summed E-state index contributed by atoms with van der Waals surface area (Å²) in [5.41, 5.74) is 3.88. The van der Waals surface area contributed by atoms with Crippen LogP contribution >= 0.6 is 35.7 Å². The van der Waals surface area contributed by atoms with Crippen LogP contribution in [-0.2, 0) is 6.42 Å². The lowest BCUT2D eigenvalue weighted by Crippen LogP contribution is -2.44. The van der Waals surface area contributed by atoms with Gasteiger partial charge in [0.05, 0.1) is 0 Å². The third-order valence-corrected chi connectivity index (χ3v) is 6.39. The molecule has 4 nitrogen and oxygen atoms in total. The Balaban J connectivity index is 0.00000225. The number of thioether (sulfide) groups is 1. The number of rotatable bonds is 5. The Morgan fingerprint density at radius 1 is 1.32 bits per heavy atom. The molecule has 2 aromatic rings. The van der Waals surface area contributed by atoms with Crippen LogP contribution in [0, 0.1) is 6.92 Å². The lowest BCUT2D eigenvalue weighted by molar-refractivity contribution is 0.584. The second-order valence-electron chi connectivity index (χ2n) is 6.78. The van der Waals surface area contributed by atoms with Crippen molar-refractivity contribution < 1.29 is 0 Å². The first-order valence-electron chi connectivity index (χ1n) is 8.76. The summed E-state index contributed by atoms with van der Waals surface area (Å²) < 4.78 is 0.352.